The van der Waals surface area contributed by atoms with Crippen molar-refractivity contribution in [3.63, 3.8) is 0 Å². The van der Waals surface area contributed by atoms with Crippen molar-refractivity contribution in [3.05, 3.63) is 29.8 Å². The number of likely N-dealkylation sites (N-methyl/N-ethyl adjacent to an activating group) is 1. The lowest BCUT2D eigenvalue weighted by Gasteiger charge is -2.32. The van der Waals surface area contributed by atoms with Gasteiger partial charge >= 0.3 is 5.97 Å². The maximum Gasteiger partial charge on any atom is 0.323 e. The molecule has 1 atom stereocenters. The average molecular weight is 276 g/mol. The van der Waals surface area contributed by atoms with Gasteiger partial charge in [-0.2, -0.15) is 0 Å². The minimum atomic E-state index is -0.474. The lowest BCUT2D eigenvalue weighted by atomic mass is 10.1. The normalized spacial score (nSPS) is 19.5. The molecule has 0 spiro atoms. The molecule has 0 saturated carbocycles. The third-order valence-corrected chi connectivity index (χ3v) is 3.42. The number of carbonyl (C=O) groups excluding carboxylic acids is 2. The Morgan fingerprint density at radius 1 is 1.50 bits per heavy atom. The van der Waals surface area contributed by atoms with Crippen LogP contribution in [0.4, 0.5) is 5.69 Å². The van der Waals surface area contributed by atoms with Crippen molar-refractivity contribution in [2.75, 3.05) is 25.0 Å². The molecule has 1 aliphatic rings. The Hall–Kier alpha value is -1.88. The highest BCUT2D eigenvalue weighted by atomic mass is 16.5. The summed E-state index contributed by atoms with van der Waals surface area (Å²) in [4.78, 5) is 25.8. The summed E-state index contributed by atoms with van der Waals surface area (Å²) in [5.74, 6) is -0.476. The number of hydrogen-bond donors (Lipinski definition) is 1. The molecule has 1 aromatic rings. The molecule has 1 fully saturated rings. The Morgan fingerprint density at radius 3 is 3.00 bits per heavy atom. The topological polar surface area (TPSA) is 58.6 Å². The van der Waals surface area contributed by atoms with Gasteiger partial charge in [-0.1, -0.05) is 19.1 Å². The number of esters is 1. The molecule has 0 aromatic heterocycles. The lowest BCUT2D eigenvalue weighted by Crippen LogP contribution is -2.50. The Labute approximate surface area is 118 Å². The summed E-state index contributed by atoms with van der Waals surface area (Å²) in [6.07, 6.45) is 0.126. The standard InChI is InChI=1S/C15H20N2O3/c1-3-17-7-8-20-15(19)13(17)10-14(18)16-12-6-4-5-11(2)9-12/h4-6,9,13H,3,7-8,10H2,1-2H3,(H,16,18)/t13-/m1/s1. The van der Waals surface area contributed by atoms with Gasteiger partial charge in [0.05, 0.1) is 6.42 Å². The predicted octanol–water partition coefficient (Wildman–Crippen LogP) is 1.57. The zero-order valence-electron chi connectivity index (χ0n) is 11.9. The van der Waals surface area contributed by atoms with E-state index in [0.29, 0.717) is 13.2 Å². The number of anilines is 1. The van der Waals surface area contributed by atoms with E-state index in [9.17, 15) is 9.59 Å². The number of aryl methyl sites for hydroxylation is 1. The Balaban J connectivity index is 1.97. The molecule has 1 heterocycles. The van der Waals surface area contributed by atoms with Crippen LogP contribution >= 0.6 is 0 Å². The second-order valence-corrected chi connectivity index (χ2v) is 4.93. The Kier molecular flexibility index (Phi) is 4.74. The van der Waals surface area contributed by atoms with Crippen LogP contribution in [0.15, 0.2) is 24.3 Å². The molecule has 0 unspecified atom stereocenters. The Bertz CT molecular complexity index is 502. The van der Waals surface area contributed by atoms with Crippen molar-refractivity contribution >= 4 is 17.6 Å². The van der Waals surface area contributed by atoms with Gasteiger partial charge < -0.3 is 10.1 Å². The molecular formula is C15H20N2O3. The van der Waals surface area contributed by atoms with Crippen LogP contribution < -0.4 is 5.32 Å². The number of cyclic esters (lactones) is 1. The molecule has 1 amide bonds. The summed E-state index contributed by atoms with van der Waals surface area (Å²) in [7, 11) is 0. The largest absolute Gasteiger partial charge is 0.463 e. The van der Waals surface area contributed by atoms with Gasteiger partial charge in [-0.25, -0.2) is 0 Å². The molecular weight excluding hydrogens is 256 g/mol. The van der Waals surface area contributed by atoms with Crippen LogP contribution in [0, 0.1) is 6.92 Å². The molecule has 5 heteroatoms. The first kappa shape index (κ1) is 14.5. The van der Waals surface area contributed by atoms with Crippen molar-refractivity contribution in [1.29, 1.82) is 0 Å². The molecule has 2 rings (SSSR count). The van der Waals surface area contributed by atoms with Crippen LogP contribution in [0.1, 0.15) is 18.9 Å². The van der Waals surface area contributed by atoms with E-state index in [-0.39, 0.29) is 18.3 Å². The van der Waals surface area contributed by atoms with Gasteiger partial charge in [0.2, 0.25) is 5.91 Å². The number of amides is 1. The van der Waals surface area contributed by atoms with Gasteiger partial charge in [-0.3, -0.25) is 14.5 Å². The first-order chi connectivity index (χ1) is 9.60. The maximum absolute atomic E-state index is 12.1. The van der Waals surface area contributed by atoms with Crippen molar-refractivity contribution in [1.82, 2.24) is 4.90 Å². The van der Waals surface area contributed by atoms with E-state index in [1.807, 2.05) is 43.0 Å². The van der Waals surface area contributed by atoms with E-state index in [1.165, 1.54) is 0 Å². The second-order valence-electron chi connectivity index (χ2n) is 4.93. The van der Waals surface area contributed by atoms with Crippen LogP contribution in [0.5, 0.6) is 0 Å². The summed E-state index contributed by atoms with van der Waals surface area (Å²) < 4.78 is 5.03. The summed E-state index contributed by atoms with van der Waals surface area (Å²) in [6.45, 7) is 5.77. The van der Waals surface area contributed by atoms with Crippen LogP contribution in [-0.2, 0) is 14.3 Å². The Morgan fingerprint density at radius 2 is 2.30 bits per heavy atom. The van der Waals surface area contributed by atoms with Crippen LogP contribution in [0.25, 0.3) is 0 Å². The summed E-state index contributed by atoms with van der Waals surface area (Å²) in [5.41, 5.74) is 1.83. The maximum atomic E-state index is 12.1. The molecule has 0 aliphatic carbocycles. The van der Waals surface area contributed by atoms with Crippen LogP contribution in [-0.4, -0.2) is 42.5 Å². The van der Waals surface area contributed by atoms with Crippen molar-refractivity contribution in [2.24, 2.45) is 0 Å². The molecule has 0 bridgehead atoms. The van der Waals surface area contributed by atoms with Gasteiger partial charge in [0.25, 0.3) is 0 Å². The average Bonchev–Trinajstić information content (AvgIpc) is 2.41. The summed E-state index contributed by atoms with van der Waals surface area (Å²) in [5, 5.41) is 2.82. The number of nitrogens with zero attached hydrogens (tertiary/aromatic N) is 1. The number of benzene rings is 1. The van der Waals surface area contributed by atoms with E-state index in [4.69, 9.17) is 4.74 Å². The second kappa shape index (κ2) is 6.52. The number of rotatable bonds is 4. The van der Waals surface area contributed by atoms with Gasteiger partial charge in [-0.15, -0.1) is 0 Å². The predicted molar refractivity (Wildman–Crippen MR) is 76.4 cm³/mol. The third-order valence-electron chi connectivity index (χ3n) is 3.42. The lowest BCUT2D eigenvalue weighted by molar-refractivity contribution is -0.158. The molecule has 1 aromatic carbocycles. The van der Waals surface area contributed by atoms with Gasteiger partial charge in [0.1, 0.15) is 12.6 Å². The van der Waals surface area contributed by atoms with Crippen molar-refractivity contribution in [3.8, 4) is 0 Å². The molecule has 1 saturated heterocycles. The highest BCUT2D eigenvalue weighted by molar-refractivity contribution is 5.94. The SMILES string of the molecule is CCN1CCOC(=O)[C@H]1CC(=O)Nc1cccc(C)c1. The van der Waals surface area contributed by atoms with Crippen LogP contribution in [0.2, 0.25) is 0 Å². The van der Waals surface area contributed by atoms with Crippen molar-refractivity contribution in [2.45, 2.75) is 26.3 Å². The highest BCUT2D eigenvalue weighted by Crippen LogP contribution is 2.14. The monoisotopic (exact) mass is 276 g/mol. The number of nitrogens with one attached hydrogen (secondary N) is 1. The number of carbonyl (C=O) groups is 2. The van der Waals surface area contributed by atoms with E-state index in [2.05, 4.69) is 5.32 Å². The smallest absolute Gasteiger partial charge is 0.323 e. The quantitative estimate of drug-likeness (QED) is 0.848. The fourth-order valence-corrected chi connectivity index (χ4v) is 2.37. The van der Waals surface area contributed by atoms with Gasteiger partial charge in [0, 0.05) is 12.2 Å². The van der Waals surface area contributed by atoms with Crippen molar-refractivity contribution < 1.29 is 14.3 Å². The summed E-state index contributed by atoms with van der Waals surface area (Å²) in [6, 6.07) is 7.11. The first-order valence-corrected chi connectivity index (χ1v) is 6.87. The van der Waals surface area contributed by atoms with E-state index < -0.39 is 6.04 Å². The number of morpholine rings is 1. The number of ether oxygens (including phenoxy) is 1. The number of hydrogen-bond acceptors (Lipinski definition) is 4. The molecule has 1 aliphatic heterocycles. The zero-order chi connectivity index (χ0) is 14.5. The molecule has 1 N–H and O–H groups in total. The first-order valence-electron chi connectivity index (χ1n) is 6.87. The van der Waals surface area contributed by atoms with E-state index in [0.717, 1.165) is 17.8 Å². The third kappa shape index (κ3) is 3.57. The molecule has 0 radical (unpaired) electrons. The minimum Gasteiger partial charge on any atom is -0.463 e. The fourth-order valence-electron chi connectivity index (χ4n) is 2.37. The highest BCUT2D eigenvalue weighted by Gasteiger charge is 2.32. The minimum absolute atomic E-state index is 0.126. The summed E-state index contributed by atoms with van der Waals surface area (Å²) >= 11 is 0. The molecule has 108 valence electrons. The van der Waals surface area contributed by atoms with Gasteiger partial charge in [-0.05, 0) is 31.2 Å². The molecule has 5 nitrogen and oxygen atoms in total. The van der Waals surface area contributed by atoms with E-state index >= 15 is 0 Å². The van der Waals surface area contributed by atoms with Crippen LogP contribution in [0.3, 0.4) is 0 Å². The van der Waals surface area contributed by atoms with Gasteiger partial charge in [0.15, 0.2) is 0 Å². The fraction of sp³-hybridized carbons (Fsp3) is 0.467. The molecule has 20 heavy (non-hydrogen) atoms. The van der Waals surface area contributed by atoms with E-state index in [1.54, 1.807) is 0 Å². The zero-order valence-corrected chi connectivity index (χ0v) is 11.9.